The van der Waals surface area contributed by atoms with Gasteiger partial charge in [0.15, 0.2) is 7.28 Å². The van der Waals surface area contributed by atoms with Gasteiger partial charge in [-0.2, -0.15) is 0 Å². The van der Waals surface area contributed by atoms with Crippen LogP contribution < -0.4 is 5.32 Å². The second-order valence-corrected chi connectivity index (χ2v) is 2.39. The Hall–Kier alpha value is -0.590. The van der Waals surface area contributed by atoms with Crippen LogP contribution in [0.1, 0.15) is 0 Å². The van der Waals surface area contributed by atoms with E-state index in [1.807, 2.05) is 0 Å². The summed E-state index contributed by atoms with van der Waals surface area (Å²) in [7, 11) is 3.26. The minimum absolute atomic E-state index is 0.514. The first-order valence-corrected chi connectivity index (χ1v) is 3.46. The monoisotopic (exact) mass is 119 g/mol. The number of rotatable bonds is 1. The Labute approximate surface area is 57.9 Å². The Balaban J connectivity index is 2.52. The van der Waals surface area contributed by atoms with Crippen molar-refractivity contribution in [2.75, 3.05) is 0 Å². The molecule has 0 spiro atoms. The van der Waals surface area contributed by atoms with E-state index in [4.69, 9.17) is 0 Å². The molecule has 0 fully saturated rings. The SMILES string of the molecule is BC1C=CC(BC)=CN1. The molecule has 0 bridgehead atoms. The molecule has 0 radical (unpaired) electrons. The number of hydrogen-bond acceptors (Lipinski definition) is 1. The van der Waals surface area contributed by atoms with Crippen LogP contribution in [0.5, 0.6) is 0 Å². The summed E-state index contributed by atoms with van der Waals surface area (Å²) in [6.07, 6.45) is 6.45. The minimum Gasteiger partial charge on any atom is -0.393 e. The lowest BCUT2D eigenvalue weighted by molar-refractivity contribution is 0.897. The molecule has 0 saturated carbocycles. The van der Waals surface area contributed by atoms with E-state index >= 15 is 0 Å². The molecular weight excluding hydrogens is 108 g/mol. The Morgan fingerprint density at radius 3 is 3.00 bits per heavy atom. The van der Waals surface area contributed by atoms with Gasteiger partial charge >= 0.3 is 0 Å². The molecule has 1 nitrogen and oxygen atoms in total. The summed E-state index contributed by atoms with van der Waals surface area (Å²) in [5.74, 6) is 0.514. The maximum atomic E-state index is 3.23. The minimum atomic E-state index is 0.514. The topological polar surface area (TPSA) is 12.0 Å². The molecule has 1 aliphatic rings. The lowest BCUT2D eigenvalue weighted by atomic mass is 9.71. The molecule has 1 heterocycles. The Morgan fingerprint density at radius 2 is 2.56 bits per heavy atom. The van der Waals surface area contributed by atoms with Crippen LogP contribution in [-0.4, -0.2) is 21.1 Å². The van der Waals surface area contributed by atoms with Crippen molar-refractivity contribution in [1.82, 2.24) is 5.32 Å². The summed E-state index contributed by atoms with van der Waals surface area (Å²) in [5, 5.41) is 3.23. The first-order valence-electron chi connectivity index (χ1n) is 3.46. The van der Waals surface area contributed by atoms with Gasteiger partial charge in [-0.3, -0.25) is 0 Å². The summed E-state index contributed by atoms with van der Waals surface area (Å²) in [6, 6.07) is 0. The molecule has 1 N–H and O–H groups in total. The van der Waals surface area contributed by atoms with Crippen LogP contribution in [0.4, 0.5) is 0 Å². The van der Waals surface area contributed by atoms with Gasteiger partial charge in [-0.1, -0.05) is 24.4 Å². The van der Waals surface area contributed by atoms with Crippen LogP contribution in [0.2, 0.25) is 6.82 Å². The van der Waals surface area contributed by atoms with Crippen LogP contribution in [0.25, 0.3) is 0 Å². The van der Waals surface area contributed by atoms with Gasteiger partial charge in [0, 0.05) is 5.94 Å². The van der Waals surface area contributed by atoms with Gasteiger partial charge in [-0.15, -0.1) is 0 Å². The van der Waals surface area contributed by atoms with Crippen LogP contribution in [0, 0.1) is 0 Å². The summed E-state index contributed by atoms with van der Waals surface area (Å²) in [4.78, 5) is 0. The quantitative estimate of drug-likeness (QED) is 0.455. The van der Waals surface area contributed by atoms with Crippen molar-refractivity contribution in [3.05, 3.63) is 23.8 Å². The van der Waals surface area contributed by atoms with E-state index in [0.717, 1.165) is 7.28 Å². The fourth-order valence-corrected chi connectivity index (χ4v) is 0.830. The second-order valence-electron chi connectivity index (χ2n) is 2.39. The highest BCUT2D eigenvalue weighted by Gasteiger charge is 1.98. The maximum absolute atomic E-state index is 3.23. The van der Waals surface area contributed by atoms with Crippen molar-refractivity contribution in [1.29, 1.82) is 0 Å². The second kappa shape index (κ2) is 2.81. The molecule has 0 aromatic rings. The van der Waals surface area contributed by atoms with E-state index in [1.165, 1.54) is 5.47 Å². The average Bonchev–Trinajstić information content (AvgIpc) is 1.90. The predicted molar refractivity (Wildman–Crippen MR) is 45.7 cm³/mol. The molecule has 0 aliphatic carbocycles. The molecule has 0 aromatic carbocycles. The number of hydrogen-bond donors (Lipinski definition) is 1. The lowest BCUT2D eigenvalue weighted by Gasteiger charge is -2.12. The third kappa shape index (κ3) is 1.67. The molecular formula is C6H11B2N. The molecule has 3 heteroatoms. The van der Waals surface area contributed by atoms with Crippen molar-refractivity contribution in [3.63, 3.8) is 0 Å². The first kappa shape index (κ1) is 6.53. The van der Waals surface area contributed by atoms with Gasteiger partial charge in [0.2, 0.25) is 0 Å². The predicted octanol–water partition coefficient (Wildman–Crippen LogP) is -0.569. The summed E-state index contributed by atoms with van der Waals surface area (Å²) < 4.78 is 0. The zero-order valence-corrected chi connectivity index (χ0v) is 6.02. The van der Waals surface area contributed by atoms with Gasteiger partial charge in [-0.25, -0.2) is 0 Å². The number of dihydropyridines is 1. The summed E-state index contributed by atoms with van der Waals surface area (Å²) >= 11 is 0. The molecule has 1 aliphatic heterocycles. The number of allylic oxidation sites excluding steroid dienone is 2. The highest BCUT2D eigenvalue weighted by Crippen LogP contribution is 1.99. The average molecular weight is 119 g/mol. The Bertz CT molecular complexity index is 151. The zero-order valence-electron chi connectivity index (χ0n) is 6.02. The summed E-state index contributed by atoms with van der Waals surface area (Å²) in [6.45, 7) is 2.16. The maximum Gasteiger partial charge on any atom is 0.156 e. The van der Waals surface area contributed by atoms with Crippen molar-refractivity contribution in [3.8, 4) is 0 Å². The van der Waals surface area contributed by atoms with E-state index in [-0.39, 0.29) is 0 Å². The molecule has 0 amide bonds. The lowest BCUT2D eigenvalue weighted by Crippen LogP contribution is -2.25. The van der Waals surface area contributed by atoms with Crippen LogP contribution in [0.3, 0.4) is 0 Å². The fourth-order valence-electron chi connectivity index (χ4n) is 0.830. The molecule has 0 aromatic heterocycles. The van der Waals surface area contributed by atoms with E-state index in [0.29, 0.717) is 5.94 Å². The normalized spacial score (nSPS) is 24.6. The van der Waals surface area contributed by atoms with Crippen molar-refractivity contribution >= 4 is 15.1 Å². The van der Waals surface area contributed by atoms with Gasteiger partial charge in [0.05, 0.1) is 0 Å². The Morgan fingerprint density at radius 1 is 1.78 bits per heavy atom. The third-order valence-corrected chi connectivity index (χ3v) is 1.54. The van der Waals surface area contributed by atoms with Gasteiger partial charge in [0.25, 0.3) is 0 Å². The van der Waals surface area contributed by atoms with Crippen molar-refractivity contribution in [2.24, 2.45) is 0 Å². The van der Waals surface area contributed by atoms with Gasteiger partial charge < -0.3 is 5.32 Å². The Kier molecular flexibility index (Phi) is 2.04. The van der Waals surface area contributed by atoms with E-state index in [9.17, 15) is 0 Å². The highest BCUT2D eigenvalue weighted by atomic mass is 14.9. The third-order valence-electron chi connectivity index (χ3n) is 1.54. The molecule has 1 atom stereocenters. The standard InChI is InChI=1S/C6H11B2N/c1-8-5-2-3-6(7)9-4-5/h2-4,6,8-9H,7H2,1H3. The van der Waals surface area contributed by atoms with Gasteiger partial charge in [0.1, 0.15) is 7.85 Å². The van der Waals surface area contributed by atoms with Crippen molar-refractivity contribution < 1.29 is 0 Å². The summed E-state index contributed by atoms with van der Waals surface area (Å²) in [5.41, 5.74) is 1.38. The van der Waals surface area contributed by atoms with Crippen LogP contribution in [0.15, 0.2) is 23.8 Å². The van der Waals surface area contributed by atoms with E-state index in [1.54, 1.807) is 0 Å². The first-order chi connectivity index (χ1) is 4.33. The molecule has 1 rings (SSSR count). The molecule has 46 valence electrons. The largest absolute Gasteiger partial charge is 0.393 e. The van der Waals surface area contributed by atoms with Crippen molar-refractivity contribution in [2.45, 2.75) is 12.8 Å². The fraction of sp³-hybridized carbons (Fsp3) is 0.333. The smallest absolute Gasteiger partial charge is 0.156 e. The molecule has 9 heavy (non-hydrogen) atoms. The molecule has 0 saturated heterocycles. The molecule has 1 unspecified atom stereocenters. The van der Waals surface area contributed by atoms with Gasteiger partial charge in [-0.05, 0) is 6.20 Å². The zero-order chi connectivity index (χ0) is 6.69. The highest BCUT2D eigenvalue weighted by molar-refractivity contribution is 6.44. The van der Waals surface area contributed by atoms with Crippen LogP contribution in [-0.2, 0) is 0 Å². The van der Waals surface area contributed by atoms with E-state index < -0.39 is 0 Å². The number of nitrogens with one attached hydrogen (secondary N) is 1. The van der Waals surface area contributed by atoms with Crippen LogP contribution >= 0.6 is 0 Å². The van der Waals surface area contributed by atoms with E-state index in [2.05, 4.69) is 38.3 Å².